The van der Waals surface area contributed by atoms with E-state index < -0.39 is 12.2 Å². The van der Waals surface area contributed by atoms with Crippen molar-refractivity contribution in [2.75, 3.05) is 49.3 Å². The Morgan fingerprint density at radius 1 is 1.21 bits per heavy atom. The van der Waals surface area contributed by atoms with Gasteiger partial charge in [0, 0.05) is 36.8 Å². The average Bonchev–Trinajstić information content (AvgIpc) is 3.66. The standard InChI is InChI=1S/C15H13F2N3O.C14H16N2O3.CH2O2/c16-13(17)14-18-11-9-5-1-2-6-10(9)21-12(11)15(19-14)20-7-3-4-8-20;1-3-11-6-12(13(17)15-7-11)16-4-5-19-14(10(16)2)8-18-9-14;2-1-3/h1-2,5-6,13H,3-4,7-8H2;1,6-7,10H,4-5,8-9H2,2H3,(H,15,17);1H,(H,2,3). The highest BCUT2D eigenvalue weighted by Crippen LogP contribution is 2.36. The Morgan fingerprint density at radius 2 is 1.93 bits per heavy atom. The molecule has 0 bridgehead atoms. The first-order valence-electron chi connectivity index (χ1n) is 13.8. The molecule has 1 unspecified atom stereocenters. The Labute approximate surface area is 245 Å². The van der Waals surface area contributed by atoms with Crippen LogP contribution in [-0.4, -0.2) is 77.6 Å². The topological polar surface area (TPSA) is 134 Å². The lowest BCUT2D eigenvalue weighted by Crippen LogP contribution is -2.68. The minimum Gasteiger partial charge on any atom is -0.483 e. The molecule has 226 valence electrons. The number of aromatic amines is 1. The SMILES string of the molecule is C#Cc1c[nH]c(=O)c(N2CCOC3(COC3)C2C)c1.FC(F)c1nc(N2CCCC2)c2oc3ccccc3c2n1.O=CO. The molecule has 0 aliphatic carbocycles. The van der Waals surface area contributed by atoms with Crippen molar-refractivity contribution in [3.63, 3.8) is 0 Å². The fraction of sp³-hybridized carbons (Fsp3) is 0.400. The van der Waals surface area contributed by atoms with Crippen LogP contribution in [0.25, 0.3) is 22.1 Å². The number of carbonyl (C=O) groups is 1. The van der Waals surface area contributed by atoms with Crippen molar-refractivity contribution >= 4 is 40.0 Å². The smallest absolute Gasteiger partial charge is 0.297 e. The average molecular weight is 596 g/mol. The lowest BCUT2D eigenvalue weighted by molar-refractivity contribution is -0.228. The fourth-order valence-electron chi connectivity index (χ4n) is 5.50. The summed E-state index contributed by atoms with van der Waals surface area (Å²) in [7, 11) is 0. The first-order chi connectivity index (χ1) is 20.8. The number of nitrogens with one attached hydrogen (secondary N) is 1. The molecule has 0 radical (unpaired) electrons. The van der Waals surface area contributed by atoms with Crippen LogP contribution in [0.1, 0.15) is 37.6 Å². The molecule has 3 saturated heterocycles. The van der Waals surface area contributed by atoms with Gasteiger partial charge in [-0.15, -0.1) is 6.42 Å². The van der Waals surface area contributed by atoms with Crippen LogP contribution in [0.4, 0.5) is 20.3 Å². The number of morpholine rings is 1. The number of furan rings is 1. The van der Waals surface area contributed by atoms with E-state index >= 15 is 0 Å². The van der Waals surface area contributed by atoms with Gasteiger partial charge in [0.25, 0.3) is 18.5 Å². The molecule has 43 heavy (non-hydrogen) atoms. The summed E-state index contributed by atoms with van der Waals surface area (Å²) in [6, 6.07) is 9.18. The van der Waals surface area contributed by atoms with Crippen LogP contribution in [0.3, 0.4) is 0 Å². The molecular weight excluding hydrogens is 564 g/mol. The maximum absolute atomic E-state index is 13.1. The molecule has 7 rings (SSSR count). The van der Waals surface area contributed by atoms with Crippen LogP contribution in [0.2, 0.25) is 0 Å². The summed E-state index contributed by atoms with van der Waals surface area (Å²) in [5.74, 6) is 2.60. The molecule has 6 heterocycles. The van der Waals surface area contributed by atoms with Crippen molar-refractivity contribution in [2.45, 2.75) is 37.8 Å². The number of anilines is 2. The quantitative estimate of drug-likeness (QED) is 0.265. The van der Waals surface area contributed by atoms with E-state index in [4.69, 9.17) is 30.2 Å². The molecular formula is C30H31F2N5O6. The summed E-state index contributed by atoms with van der Waals surface area (Å²) in [6.07, 6.45) is 6.33. The molecule has 3 aliphatic rings. The van der Waals surface area contributed by atoms with Gasteiger partial charge in [-0.2, -0.15) is 0 Å². The summed E-state index contributed by atoms with van der Waals surface area (Å²) in [6.45, 7) is 5.86. The number of nitrogens with zero attached hydrogens (tertiary/aromatic N) is 4. The largest absolute Gasteiger partial charge is 0.483 e. The number of rotatable bonds is 3. The second kappa shape index (κ2) is 12.8. The van der Waals surface area contributed by atoms with E-state index in [1.54, 1.807) is 12.3 Å². The van der Waals surface area contributed by atoms with Gasteiger partial charge in [-0.3, -0.25) is 9.59 Å². The van der Waals surface area contributed by atoms with E-state index in [2.05, 4.69) is 32.7 Å². The first kappa shape index (κ1) is 29.9. The second-order valence-electron chi connectivity index (χ2n) is 10.3. The molecule has 4 aromatic rings. The molecule has 13 heteroatoms. The lowest BCUT2D eigenvalue weighted by Gasteiger charge is -2.53. The van der Waals surface area contributed by atoms with Crippen LogP contribution >= 0.6 is 0 Å². The number of aromatic nitrogens is 3. The van der Waals surface area contributed by atoms with E-state index in [0.717, 1.165) is 31.3 Å². The van der Waals surface area contributed by atoms with E-state index in [-0.39, 0.29) is 23.7 Å². The van der Waals surface area contributed by atoms with Gasteiger partial charge in [0.1, 0.15) is 22.4 Å². The molecule has 11 nitrogen and oxygen atoms in total. The molecule has 3 aromatic heterocycles. The Kier molecular flexibility index (Phi) is 8.89. The van der Waals surface area contributed by atoms with E-state index in [1.807, 2.05) is 29.2 Å². The van der Waals surface area contributed by atoms with Gasteiger partial charge in [0.2, 0.25) is 0 Å². The summed E-state index contributed by atoms with van der Waals surface area (Å²) in [5.41, 5.74) is 2.50. The van der Waals surface area contributed by atoms with Crippen molar-refractivity contribution in [2.24, 2.45) is 0 Å². The zero-order valence-electron chi connectivity index (χ0n) is 23.5. The number of alkyl halides is 2. The lowest BCUT2D eigenvalue weighted by atomic mass is 9.90. The number of para-hydroxylation sites is 1. The predicted octanol–water partition coefficient (Wildman–Crippen LogP) is 3.96. The molecule has 3 aliphatic heterocycles. The molecule has 1 spiro atoms. The number of ether oxygens (including phenoxy) is 2. The predicted molar refractivity (Wildman–Crippen MR) is 156 cm³/mol. The van der Waals surface area contributed by atoms with E-state index in [9.17, 15) is 13.6 Å². The van der Waals surface area contributed by atoms with Gasteiger partial charge >= 0.3 is 0 Å². The first-order valence-corrected chi connectivity index (χ1v) is 13.8. The number of H-pyrrole nitrogens is 1. The van der Waals surface area contributed by atoms with Crippen molar-refractivity contribution < 1.29 is 32.6 Å². The third-order valence-corrected chi connectivity index (χ3v) is 7.82. The second-order valence-corrected chi connectivity index (χ2v) is 10.3. The summed E-state index contributed by atoms with van der Waals surface area (Å²) < 4.78 is 43.1. The van der Waals surface area contributed by atoms with E-state index in [0.29, 0.717) is 60.1 Å². The molecule has 2 N–H and O–H groups in total. The van der Waals surface area contributed by atoms with Crippen LogP contribution in [0, 0.1) is 12.3 Å². The van der Waals surface area contributed by atoms with Crippen molar-refractivity contribution in [1.82, 2.24) is 15.0 Å². The fourth-order valence-corrected chi connectivity index (χ4v) is 5.50. The number of hydrogen-bond acceptors (Lipinski definition) is 9. The summed E-state index contributed by atoms with van der Waals surface area (Å²) >= 11 is 0. The number of benzene rings is 1. The highest BCUT2D eigenvalue weighted by Gasteiger charge is 2.50. The molecule has 3 fully saturated rings. The number of fused-ring (bicyclic) bond motifs is 3. The van der Waals surface area contributed by atoms with Crippen molar-refractivity contribution in [1.29, 1.82) is 0 Å². The summed E-state index contributed by atoms with van der Waals surface area (Å²) in [4.78, 5) is 35.2. The molecule has 1 atom stereocenters. The minimum atomic E-state index is -2.69. The monoisotopic (exact) mass is 595 g/mol. The Balaban J connectivity index is 0.000000158. The van der Waals surface area contributed by atoms with Crippen LogP contribution in [0.5, 0.6) is 0 Å². The zero-order valence-corrected chi connectivity index (χ0v) is 23.5. The number of pyridine rings is 1. The summed E-state index contributed by atoms with van der Waals surface area (Å²) in [5, 5.41) is 7.64. The van der Waals surface area contributed by atoms with Gasteiger partial charge in [-0.05, 0) is 38.0 Å². The van der Waals surface area contributed by atoms with Crippen molar-refractivity contribution in [3.05, 3.63) is 58.3 Å². The van der Waals surface area contributed by atoms with Gasteiger partial charge in [0.15, 0.2) is 17.2 Å². The van der Waals surface area contributed by atoms with Crippen LogP contribution < -0.4 is 15.4 Å². The van der Waals surface area contributed by atoms with Crippen LogP contribution in [0.15, 0.2) is 45.7 Å². The van der Waals surface area contributed by atoms with Gasteiger partial charge in [-0.1, -0.05) is 18.1 Å². The third-order valence-electron chi connectivity index (χ3n) is 7.82. The zero-order chi connectivity index (χ0) is 30.6. The maximum atomic E-state index is 13.1. The molecule has 0 saturated carbocycles. The number of carboxylic acid groups (broad SMARTS) is 1. The van der Waals surface area contributed by atoms with Gasteiger partial charge < -0.3 is 33.8 Å². The van der Waals surface area contributed by atoms with Gasteiger partial charge in [-0.25, -0.2) is 18.7 Å². The number of hydrogen-bond donors (Lipinski definition) is 2. The minimum absolute atomic E-state index is 0.0872. The maximum Gasteiger partial charge on any atom is 0.297 e. The molecule has 0 amide bonds. The van der Waals surface area contributed by atoms with E-state index in [1.165, 1.54) is 0 Å². The highest BCUT2D eigenvalue weighted by molar-refractivity contribution is 6.05. The third kappa shape index (κ3) is 5.89. The van der Waals surface area contributed by atoms with Crippen molar-refractivity contribution in [3.8, 4) is 12.3 Å². The Morgan fingerprint density at radius 3 is 2.58 bits per heavy atom. The molecule has 1 aromatic carbocycles. The van der Waals surface area contributed by atoms with Gasteiger partial charge in [0.05, 0.1) is 25.9 Å². The Bertz CT molecular complexity index is 1690. The number of terminal acetylenes is 1. The Hall–Kier alpha value is -4.54. The number of halogens is 2. The van der Waals surface area contributed by atoms with Crippen LogP contribution in [-0.2, 0) is 14.3 Å². The highest BCUT2D eigenvalue weighted by atomic mass is 19.3. The normalized spacial score (nSPS) is 18.9.